The molecular weight excluding hydrogens is 200 g/mol. The van der Waals surface area contributed by atoms with Crippen LogP contribution in [-0.4, -0.2) is 25.7 Å². The first kappa shape index (κ1) is 9.05. The Bertz CT molecular complexity index is 427. The molecule has 0 unspecified atom stereocenters. The molecule has 12 heavy (non-hydrogen) atoms. The molecule has 64 valence electrons. The summed E-state index contributed by atoms with van der Waals surface area (Å²) in [6.45, 7) is 0. The Morgan fingerprint density at radius 2 is 2.33 bits per heavy atom. The Kier molecular flexibility index (Phi) is 2.37. The van der Waals surface area contributed by atoms with Crippen LogP contribution < -0.4 is 0 Å². The summed E-state index contributed by atoms with van der Waals surface area (Å²) in [5.74, 6) is 0. The Morgan fingerprint density at radius 3 is 2.75 bits per heavy atom. The standard InChI is InChI=1S/C5H4N2O3S2/c1-12(9,10)4-2-6-5(11-4)7-3-8/h2H,1H3. The lowest BCUT2D eigenvalue weighted by Crippen LogP contribution is -1.91. The van der Waals surface area contributed by atoms with Crippen molar-refractivity contribution in [2.24, 2.45) is 4.99 Å². The summed E-state index contributed by atoms with van der Waals surface area (Å²) in [7, 11) is -3.23. The van der Waals surface area contributed by atoms with Crippen molar-refractivity contribution in [3.63, 3.8) is 0 Å². The molecule has 0 bridgehead atoms. The average Bonchev–Trinajstić information content (AvgIpc) is 2.35. The van der Waals surface area contributed by atoms with E-state index in [1.54, 1.807) is 0 Å². The van der Waals surface area contributed by atoms with Gasteiger partial charge in [0.25, 0.3) is 0 Å². The summed E-state index contributed by atoms with van der Waals surface area (Å²) < 4.78 is 21.9. The first-order chi connectivity index (χ1) is 5.54. The van der Waals surface area contributed by atoms with Gasteiger partial charge in [0, 0.05) is 6.26 Å². The summed E-state index contributed by atoms with van der Waals surface area (Å²) >= 11 is 0.836. The van der Waals surface area contributed by atoms with Gasteiger partial charge in [-0.15, -0.1) is 4.99 Å². The van der Waals surface area contributed by atoms with Crippen LogP contribution in [0.15, 0.2) is 15.4 Å². The molecule has 0 amide bonds. The number of carbonyl (C=O) groups excluding carboxylic acids is 1. The summed E-state index contributed by atoms with van der Waals surface area (Å²) in [5.41, 5.74) is 0. The fraction of sp³-hybridized carbons (Fsp3) is 0.200. The minimum Gasteiger partial charge on any atom is -0.225 e. The highest BCUT2D eigenvalue weighted by molar-refractivity contribution is 7.92. The lowest BCUT2D eigenvalue weighted by molar-refractivity contribution is 0.565. The highest BCUT2D eigenvalue weighted by Crippen LogP contribution is 2.24. The highest BCUT2D eigenvalue weighted by Gasteiger charge is 2.10. The van der Waals surface area contributed by atoms with Gasteiger partial charge < -0.3 is 0 Å². The van der Waals surface area contributed by atoms with Gasteiger partial charge in [-0.1, -0.05) is 11.3 Å². The second kappa shape index (κ2) is 3.14. The van der Waals surface area contributed by atoms with Gasteiger partial charge in [0.05, 0.1) is 6.20 Å². The van der Waals surface area contributed by atoms with Crippen LogP contribution in [0.4, 0.5) is 5.13 Å². The van der Waals surface area contributed by atoms with Crippen LogP contribution >= 0.6 is 11.3 Å². The molecule has 7 heteroatoms. The minimum absolute atomic E-state index is 0.0940. The van der Waals surface area contributed by atoms with Crippen molar-refractivity contribution >= 4 is 32.4 Å². The van der Waals surface area contributed by atoms with Gasteiger partial charge in [0.2, 0.25) is 11.2 Å². The molecule has 0 aliphatic rings. The Labute approximate surface area is 72.7 Å². The van der Waals surface area contributed by atoms with Crippen LogP contribution in [0, 0.1) is 0 Å². The molecule has 0 radical (unpaired) electrons. The van der Waals surface area contributed by atoms with Crippen molar-refractivity contribution in [3.8, 4) is 0 Å². The molecule has 0 aliphatic heterocycles. The third-order valence-corrected chi connectivity index (χ3v) is 3.66. The van der Waals surface area contributed by atoms with Gasteiger partial charge >= 0.3 is 0 Å². The predicted molar refractivity (Wildman–Crippen MR) is 43.0 cm³/mol. The fourth-order valence-corrected chi connectivity index (χ4v) is 2.06. The van der Waals surface area contributed by atoms with Gasteiger partial charge in [0.1, 0.15) is 4.21 Å². The number of rotatable bonds is 2. The van der Waals surface area contributed by atoms with E-state index in [1.807, 2.05) is 0 Å². The van der Waals surface area contributed by atoms with Gasteiger partial charge in [-0.3, -0.25) is 0 Å². The first-order valence-corrected chi connectivity index (χ1v) is 5.48. The maximum atomic E-state index is 10.9. The Morgan fingerprint density at radius 1 is 1.67 bits per heavy atom. The average molecular weight is 204 g/mol. The van der Waals surface area contributed by atoms with E-state index in [0.29, 0.717) is 0 Å². The molecule has 0 saturated heterocycles. The number of hydrogen-bond acceptors (Lipinski definition) is 6. The number of sulfone groups is 1. The van der Waals surface area contributed by atoms with Crippen LogP contribution in [0.25, 0.3) is 0 Å². The molecule has 0 aliphatic carbocycles. The van der Waals surface area contributed by atoms with E-state index in [4.69, 9.17) is 0 Å². The van der Waals surface area contributed by atoms with Crippen LogP contribution in [0.1, 0.15) is 0 Å². The fourth-order valence-electron chi connectivity index (χ4n) is 0.513. The molecule has 1 rings (SSSR count). The molecule has 0 atom stereocenters. The van der Waals surface area contributed by atoms with Crippen molar-refractivity contribution in [3.05, 3.63) is 6.20 Å². The van der Waals surface area contributed by atoms with Gasteiger partial charge in [0.15, 0.2) is 9.84 Å². The second-order valence-corrected chi connectivity index (χ2v) is 5.19. The summed E-state index contributed by atoms with van der Waals surface area (Å²) in [6.07, 6.45) is 3.50. The lowest BCUT2D eigenvalue weighted by atomic mass is 11.0. The maximum Gasteiger partial charge on any atom is 0.242 e. The number of aliphatic imine (C=N–C) groups is 1. The molecule has 0 N–H and O–H groups in total. The molecule has 1 aromatic heterocycles. The zero-order chi connectivity index (χ0) is 9.19. The molecule has 5 nitrogen and oxygen atoms in total. The zero-order valence-corrected chi connectivity index (χ0v) is 7.65. The SMILES string of the molecule is CS(=O)(=O)c1cnc(N=C=O)s1. The van der Waals surface area contributed by atoms with Crippen molar-refractivity contribution in [1.29, 1.82) is 0 Å². The topological polar surface area (TPSA) is 76.5 Å². The largest absolute Gasteiger partial charge is 0.242 e. The number of aromatic nitrogens is 1. The van der Waals surface area contributed by atoms with E-state index < -0.39 is 9.84 Å². The van der Waals surface area contributed by atoms with Gasteiger partial charge in [-0.05, 0) is 0 Å². The molecule has 0 fully saturated rings. The maximum absolute atomic E-state index is 10.9. The molecular formula is C5H4N2O3S2. The molecule has 0 aromatic carbocycles. The van der Waals surface area contributed by atoms with Crippen molar-refractivity contribution in [2.45, 2.75) is 4.21 Å². The van der Waals surface area contributed by atoms with Gasteiger partial charge in [-0.25, -0.2) is 18.2 Å². The van der Waals surface area contributed by atoms with Crippen molar-refractivity contribution < 1.29 is 13.2 Å². The first-order valence-electron chi connectivity index (χ1n) is 2.78. The number of isocyanates is 1. The van der Waals surface area contributed by atoms with E-state index >= 15 is 0 Å². The summed E-state index contributed by atoms with van der Waals surface area (Å²) in [6, 6.07) is 0. The lowest BCUT2D eigenvalue weighted by Gasteiger charge is -1.85. The highest BCUT2D eigenvalue weighted by atomic mass is 32.2. The molecule has 1 heterocycles. The van der Waals surface area contributed by atoms with E-state index in [1.165, 1.54) is 6.08 Å². The third kappa shape index (κ3) is 1.97. The Balaban J connectivity index is 3.16. The van der Waals surface area contributed by atoms with E-state index in [0.717, 1.165) is 23.8 Å². The minimum atomic E-state index is -3.23. The normalized spacial score (nSPS) is 10.8. The predicted octanol–water partition coefficient (Wildman–Crippen LogP) is 0.514. The molecule has 0 saturated carbocycles. The monoisotopic (exact) mass is 204 g/mol. The summed E-state index contributed by atoms with van der Waals surface area (Å²) in [4.78, 5) is 16.5. The molecule has 1 aromatic rings. The van der Waals surface area contributed by atoms with Crippen molar-refractivity contribution in [1.82, 2.24) is 4.98 Å². The van der Waals surface area contributed by atoms with Gasteiger partial charge in [-0.2, -0.15) is 0 Å². The second-order valence-electron chi connectivity index (χ2n) is 1.94. The van der Waals surface area contributed by atoms with Crippen LogP contribution in [0.2, 0.25) is 0 Å². The summed E-state index contributed by atoms with van der Waals surface area (Å²) in [5, 5.41) is 0.102. The number of thiazole rings is 1. The van der Waals surface area contributed by atoms with Crippen LogP contribution in [-0.2, 0) is 14.6 Å². The van der Waals surface area contributed by atoms with E-state index in [2.05, 4.69) is 9.98 Å². The molecule has 0 spiro atoms. The van der Waals surface area contributed by atoms with Crippen molar-refractivity contribution in [2.75, 3.05) is 6.26 Å². The van der Waals surface area contributed by atoms with Crippen LogP contribution in [0.3, 0.4) is 0 Å². The van der Waals surface area contributed by atoms with E-state index in [9.17, 15) is 13.2 Å². The number of hydrogen-bond donors (Lipinski definition) is 0. The van der Waals surface area contributed by atoms with E-state index in [-0.39, 0.29) is 9.34 Å². The quantitative estimate of drug-likeness (QED) is 0.519. The zero-order valence-electron chi connectivity index (χ0n) is 6.01. The number of nitrogens with zero attached hydrogens (tertiary/aromatic N) is 2. The third-order valence-electron chi connectivity index (χ3n) is 0.979. The Hall–Kier alpha value is -1.04. The van der Waals surface area contributed by atoms with Crippen LogP contribution in [0.5, 0.6) is 0 Å². The smallest absolute Gasteiger partial charge is 0.225 e.